The minimum atomic E-state index is 0.141. The van der Waals surface area contributed by atoms with Crippen LogP contribution in [-0.4, -0.2) is 28.5 Å². The van der Waals surface area contributed by atoms with E-state index in [1.54, 1.807) is 0 Å². The molecule has 0 unspecified atom stereocenters. The zero-order valence-corrected chi connectivity index (χ0v) is 13.3. The summed E-state index contributed by atoms with van der Waals surface area (Å²) in [4.78, 5) is 7.35. The summed E-state index contributed by atoms with van der Waals surface area (Å²) in [5.74, 6) is 0. The maximum absolute atomic E-state index is 4.80. The molecule has 2 heterocycles. The fourth-order valence-corrected chi connectivity index (χ4v) is 2.59. The molecular weight excluding hydrogens is 246 g/mol. The largest absolute Gasteiger partial charge is 0.306 e. The van der Waals surface area contributed by atoms with Crippen molar-refractivity contribution < 1.29 is 0 Å². The first-order valence-corrected chi connectivity index (χ1v) is 7.95. The lowest BCUT2D eigenvalue weighted by Gasteiger charge is -2.21. The van der Waals surface area contributed by atoms with E-state index in [0.717, 1.165) is 18.8 Å². The van der Waals surface area contributed by atoms with Crippen LogP contribution in [0.15, 0.2) is 18.2 Å². The van der Waals surface area contributed by atoms with Gasteiger partial charge in [-0.25, -0.2) is 0 Å². The molecule has 0 aliphatic carbocycles. The van der Waals surface area contributed by atoms with E-state index in [1.165, 1.54) is 44.5 Å². The minimum absolute atomic E-state index is 0.141. The Morgan fingerprint density at radius 2 is 1.70 bits per heavy atom. The Kier molecular flexibility index (Phi) is 5.55. The van der Waals surface area contributed by atoms with E-state index in [1.807, 2.05) is 0 Å². The number of pyridine rings is 1. The third-order valence-corrected chi connectivity index (χ3v) is 3.75. The molecule has 3 nitrogen and oxygen atoms in total. The van der Waals surface area contributed by atoms with Gasteiger partial charge in [-0.2, -0.15) is 0 Å². The van der Waals surface area contributed by atoms with Crippen LogP contribution in [0, 0.1) is 0 Å². The molecule has 112 valence electrons. The lowest BCUT2D eigenvalue weighted by Crippen LogP contribution is -2.35. The van der Waals surface area contributed by atoms with Gasteiger partial charge in [-0.1, -0.05) is 18.9 Å². The molecular formula is C17H29N3. The highest BCUT2D eigenvalue weighted by Gasteiger charge is 2.11. The minimum Gasteiger partial charge on any atom is -0.306 e. The molecule has 2 rings (SSSR count). The number of nitrogens with one attached hydrogen (secondary N) is 1. The summed E-state index contributed by atoms with van der Waals surface area (Å²) in [7, 11) is 0. The standard InChI is InChI=1S/C17H29N3/c1-17(2,3)18-13-15-9-8-10-16(19-15)14-20-11-6-4-5-7-12-20/h8-10,18H,4-7,11-14H2,1-3H3. The summed E-state index contributed by atoms with van der Waals surface area (Å²) in [6.45, 7) is 10.9. The van der Waals surface area contributed by atoms with Gasteiger partial charge in [0, 0.05) is 18.6 Å². The molecule has 0 spiro atoms. The molecule has 1 fully saturated rings. The van der Waals surface area contributed by atoms with Crippen molar-refractivity contribution >= 4 is 0 Å². The predicted octanol–water partition coefficient (Wildman–Crippen LogP) is 3.35. The SMILES string of the molecule is CC(C)(C)NCc1cccc(CN2CCCCCC2)n1. The average Bonchev–Trinajstić information content (AvgIpc) is 2.65. The van der Waals surface area contributed by atoms with Crippen molar-refractivity contribution in [2.75, 3.05) is 13.1 Å². The van der Waals surface area contributed by atoms with Crippen LogP contribution in [0.2, 0.25) is 0 Å². The molecule has 0 atom stereocenters. The smallest absolute Gasteiger partial charge is 0.0547 e. The molecule has 3 heteroatoms. The van der Waals surface area contributed by atoms with E-state index in [-0.39, 0.29) is 5.54 Å². The second-order valence-corrected chi connectivity index (χ2v) is 6.91. The van der Waals surface area contributed by atoms with Crippen molar-refractivity contribution in [2.24, 2.45) is 0 Å². The van der Waals surface area contributed by atoms with E-state index in [9.17, 15) is 0 Å². The Morgan fingerprint density at radius 3 is 2.35 bits per heavy atom. The quantitative estimate of drug-likeness (QED) is 0.913. The van der Waals surface area contributed by atoms with Crippen LogP contribution in [0.25, 0.3) is 0 Å². The second-order valence-electron chi connectivity index (χ2n) is 6.91. The van der Waals surface area contributed by atoms with Gasteiger partial charge >= 0.3 is 0 Å². The van der Waals surface area contributed by atoms with E-state index in [4.69, 9.17) is 4.98 Å². The number of nitrogens with zero attached hydrogens (tertiary/aromatic N) is 2. The van der Waals surface area contributed by atoms with Gasteiger partial charge in [0.15, 0.2) is 0 Å². The molecule has 0 aromatic carbocycles. The van der Waals surface area contributed by atoms with Gasteiger partial charge in [0.1, 0.15) is 0 Å². The Bertz CT molecular complexity index is 401. The number of likely N-dealkylation sites (tertiary alicyclic amines) is 1. The summed E-state index contributed by atoms with van der Waals surface area (Å²) in [5.41, 5.74) is 2.50. The maximum Gasteiger partial charge on any atom is 0.0547 e. The van der Waals surface area contributed by atoms with Crippen LogP contribution >= 0.6 is 0 Å². The number of aromatic nitrogens is 1. The molecule has 1 aromatic heterocycles. The van der Waals surface area contributed by atoms with Gasteiger partial charge in [0.2, 0.25) is 0 Å². The number of rotatable bonds is 4. The van der Waals surface area contributed by atoms with Gasteiger partial charge in [-0.15, -0.1) is 0 Å². The monoisotopic (exact) mass is 275 g/mol. The van der Waals surface area contributed by atoms with Crippen molar-refractivity contribution in [1.82, 2.24) is 15.2 Å². The first kappa shape index (κ1) is 15.5. The summed E-state index contributed by atoms with van der Waals surface area (Å²) < 4.78 is 0. The van der Waals surface area contributed by atoms with Crippen LogP contribution in [0.1, 0.15) is 57.8 Å². The molecule has 1 aliphatic heterocycles. The van der Waals surface area contributed by atoms with E-state index in [2.05, 4.69) is 49.2 Å². The highest BCUT2D eigenvalue weighted by molar-refractivity contribution is 5.11. The van der Waals surface area contributed by atoms with Gasteiger partial charge in [-0.3, -0.25) is 9.88 Å². The molecule has 0 radical (unpaired) electrons. The third-order valence-electron chi connectivity index (χ3n) is 3.75. The van der Waals surface area contributed by atoms with Gasteiger partial charge in [0.25, 0.3) is 0 Å². The lowest BCUT2D eigenvalue weighted by atomic mass is 10.1. The van der Waals surface area contributed by atoms with Crippen LogP contribution in [0.5, 0.6) is 0 Å². The normalized spacial score (nSPS) is 17.9. The van der Waals surface area contributed by atoms with Gasteiger partial charge < -0.3 is 5.32 Å². The summed E-state index contributed by atoms with van der Waals surface area (Å²) in [5, 5.41) is 3.50. The fourth-order valence-electron chi connectivity index (χ4n) is 2.59. The average molecular weight is 275 g/mol. The number of hydrogen-bond acceptors (Lipinski definition) is 3. The Balaban J connectivity index is 1.91. The first-order valence-electron chi connectivity index (χ1n) is 7.95. The molecule has 0 bridgehead atoms. The van der Waals surface area contributed by atoms with Crippen molar-refractivity contribution in [1.29, 1.82) is 0 Å². The van der Waals surface area contributed by atoms with E-state index in [0.29, 0.717) is 0 Å². The Hall–Kier alpha value is -0.930. The van der Waals surface area contributed by atoms with Crippen LogP contribution in [-0.2, 0) is 13.1 Å². The molecule has 0 amide bonds. The Labute approximate surface area is 123 Å². The van der Waals surface area contributed by atoms with Crippen molar-refractivity contribution in [3.05, 3.63) is 29.6 Å². The topological polar surface area (TPSA) is 28.2 Å². The highest BCUT2D eigenvalue weighted by Crippen LogP contribution is 2.12. The summed E-state index contributed by atoms with van der Waals surface area (Å²) >= 11 is 0. The van der Waals surface area contributed by atoms with Crippen molar-refractivity contribution in [2.45, 2.75) is 65.1 Å². The van der Waals surface area contributed by atoms with Crippen LogP contribution in [0.3, 0.4) is 0 Å². The maximum atomic E-state index is 4.80. The van der Waals surface area contributed by atoms with Gasteiger partial charge in [-0.05, 0) is 58.8 Å². The number of hydrogen-bond donors (Lipinski definition) is 1. The molecule has 20 heavy (non-hydrogen) atoms. The van der Waals surface area contributed by atoms with Crippen LogP contribution in [0.4, 0.5) is 0 Å². The summed E-state index contributed by atoms with van der Waals surface area (Å²) in [6.07, 6.45) is 5.45. The molecule has 1 N–H and O–H groups in total. The van der Waals surface area contributed by atoms with E-state index >= 15 is 0 Å². The lowest BCUT2D eigenvalue weighted by molar-refractivity contribution is 0.273. The fraction of sp³-hybridized carbons (Fsp3) is 0.706. The molecule has 1 saturated heterocycles. The predicted molar refractivity (Wildman–Crippen MR) is 84.6 cm³/mol. The zero-order valence-electron chi connectivity index (χ0n) is 13.3. The van der Waals surface area contributed by atoms with Crippen LogP contribution < -0.4 is 5.32 Å². The third kappa shape index (κ3) is 5.59. The van der Waals surface area contributed by atoms with Crippen molar-refractivity contribution in [3.63, 3.8) is 0 Å². The second kappa shape index (κ2) is 7.19. The van der Waals surface area contributed by atoms with Gasteiger partial charge in [0.05, 0.1) is 11.4 Å². The zero-order chi connectivity index (χ0) is 14.4. The molecule has 1 aliphatic rings. The molecule has 1 aromatic rings. The Morgan fingerprint density at radius 1 is 1.05 bits per heavy atom. The summed E-state index contributed by atoms with van der Waals surface area (Å²) in [6, 6.07) is 6.41. The molecule has 0 saturated carbocycles. The first-order chi connectivity index (χ1) is 9.53. The highest BCUT2D eigenvalue weighted by atomic mass is 15.1. The van der Waals surface area contributed by atoms with Crippen molar-refractivity contribution in [3.8, 4) is 0 Å². The van der Waals surface area contributed by atoms with E-state index < -0.39 is 0 Å².